The number of rotatable bonds is 3. The Hall–Kier alpha value is -1.11. The number of nitrogens with two attached hydrogens (primary N) is 1. The molecule has 1 saturated heterocycles. The summed E-state index contributed by atoms with van der Waals surface area (Å²) < 4.78 is 6.14. The molecule has 1 atom stereocenters. The highest BCUT2D eigenvalue weighted by Crippen LogP contribution is 2.26. The van der Waals surface area contributed by atoms with Gasteiger partial charge < -0.3 is 20.5 Å². The zero-order valence-corrected chi connectivity index (χ0v) is 11.5. The van der Waals surface area contributed by atoms with Crippen LogP contribution in [0.15, 0.2) is 22.7 Å². The van der Waals surface area contributed by atoms with E-state index in [4.69, 9.17) is 15.9 Å². The minimum Gasteiger partial charge on any atom is -0.394 e. The molecule has 1 aromatic rings. The van der Waals surface area contributed by atoms with Crippen LogP contribution in [-0.4, -0.2) is 43.3 Å². The summed E-state index contributed by atoms with van der Waals surface area (Å²) in [6, 6.07) is 5.63. The Morgan fingerprint density at radius 2 is 2.39 bits per heavy atom. The second-order valence-corrected chi connectivity index (χ2v) is 5.04. The second kappa shape index (κ2) is 5.69. The SMILES string of the molecule is N=C(N)c1ccc(N2CCOCC2CO)cc1Br. The van der Waals surface area contributed by atoms with Crippen LogP contribution >= 0.6 is 15.9 Å². The van der Waals surface area contributed by atoms with Crippen molar-refractivity contribution in [3.63, 3.8) is 0 Å². The number of morpholine rings is 1. The Morgan fingerprint density at radius 3 is 3.00 bits per heavy atom. The number of anilines is 1. The number of hydrogen-bond donors (Lipinski definition) is 3. The average molecular weight is 314 g/mol. The zero-order chi connectivity index (χ0) is 13.1. The number of nitrogen functional groups attached to an aromatic ring is 1. The van der Waals surface area contributed by atoms with Crippen molar-refractivity contribution in [3.8, 4) is 0 Å². The molecule has 6 heteroatoms. The Labute approximate surface area is 114 Å². The molecular formula is C12H16BrN3O2. The van der Waals surface area contributed by atoms with Crippen molar-refractivity contribution in [1.29, 1.82) is 5.41 Å². The molecule has 1 aliphatic rings. The van der Waals surface area contributed by atoms with E-state index in [9.17, 15) is 5.11 Å². The number of hydrogen-bond acceptors (Lipinski definition) is 4. The zero-order valence-electron chi connectivity index (χ0n) is 9.90. The van der Waals surface area contributed by atoms with Crippen molar-refractivity contribution in [1.82, 2.24) is 0 Å². The maximum absolute atomic E-state index is 9.35. The Morgan fingerprint density at radius 1 is 1.61 bits per heavy atom. The predicted molar refractivity (Wildman–Crippen MR) is 74.2 cm³/mol. The van der Waals surface area contributed by atoms with Gasteiger partial charge in [0, 0.05) is 22.3 Å². The van der Waals surface area contributed by atoms with Crippen LogP contribution in [0.4, 0.5) is 5.69 Å². The van der Waals surface area contributed by atoms with Gasteiger partial charge in [0.2, 0.25) is 0 Å². The third-order valence-electron chi connectivity index (χ3n) is 3.01. The summed E-state index contributed by atoms with van der Waals surface area (Å²) >= 11 is 3.41. The first-order valence-corrected chi connectivity index (χ1v) is 6.52. The lowest BCUT2D eigenvalue weighted by Crippen LogP contribution is -2.47. The first-order chi connectivity index (χ1) is 8.63. The topological polar surface area (TPSA) is 82.6 Å². The lowest BCUT2D eigenvalue weighted by molar-refractivity contribution is 0.0727. The summed E-state index contributed by atoms with van der Waals surface area (Å²) in [6.45, 7) is 1.99. The van der Waals surface area contributed by atoms with E-state index in [-0.39, 0.29) is 18.5 Å². The van der Waals surface area contributed by atoms with E-state index in [0.29, 0.717) is 18.8 Å². The fourth-order valence-corrected chi connectivity index (χ4v) is 2.63. The van der Waals surface area contributed by atoms with Gasteiger partial charge in [0.25, 0.3) is 0 Å². The Bertz CT molecular complexity index is 453. The normalized spacial score (nSPS) is 19.9. The van der Waals surface area contributed by atoms with Gasteiger partial charge in [0.05, 0.1) is 25.9 Å². The summed E-state index contributed by atoms with van der Waals surface area (Å²) in [5.74, 6) is 0.0362. The van der Waals surface area contributed by atoms with Gasteiger partial charge >= 0.3 is 0 Å². The van der Waals surface area contributed by atoms with Crippen LogP contribution in [0.25, 0.3) is 0 Å². The molecule has 2 rings (SSSR count). The van der Waals surface area contributed by atoms with Crippen LogP contribution in [0.1, 0.15) is 5.56 Å². The summed E-state index contributed by atoms with van der Waals surface area (Å²) in [4.78, 5) is 2.11. The summed E-state index contributed by atoms with van der Waals surface area (Å²) in [6.07, 6.45) is 0. The van der Waals surface area contributed by atoms with Crippen LogP contribution < -0.4 is 10.6 Å². The van der Waals surface area contributed by atoms with Gasteiger partial charge in [-0.25, -0.2) is 0 Å². The molecule has 1 fully saturated rings. The molecule has 0 spiro atoms. The van der Waals surface area contributed by atoms with E-state index in [1.54, 1.807) is 0 Å². The molecule has 0 aliphatic carbocycles. The molecule has 18 heavy (non-hydrogen) atoms. The van der Waals surface area contributed by atoms with Crippen molar-refractivity contribution in [3.05, 3.63) is 28.2 Å². The number of ether oxygens (including phenoxy) is 1. The van der Waals surface area contributed by atoms with Gasteiger partial charge in [-0.05, 0) is 34.1 Å². The van der Waals surface area contributed by atoms with Gasteiger partial charge in [-0.2, -0.15) is 0 Å². The highest BCUT2D eigenvalue weighted by Gasteiger charge is 2.23. The number of amidine groups is 1. The Balaban J connectivity index is 2.27. The molecular weight excluding hydrogens is 298 g/mol. The number of benzene rings is 1. The Kier molecular flexibility index (Phi) is 4.21. The van der Waals surface area contributed by atoms with Crippen molar-refractivity contribution < 1.29 is 9.84 Å². The minimum absolute atomic E-state index is 0.0196. The van der Waals surface area contributed by atoms with Gasteiger partial charge in [-0.3, -0.25) is 5.41 Å². The summed E-state index contributed by atoms with van der Waals surface area (Å²) in [5, 5.41) is 16.8. The predicted octanol–water partition coefficient (Wildman–Crippen LogP) is 0.931. The first kappa shape index (κ1) is 13.3. The van der Waals surface area contributed by atoms with Gasteiger partial charge in [-0.1, -0.05) is 0 Å². The highest BCUT2D eigenvalue weighted by molar-refractivity contribution is 9.10. The summed E-state index contributed by atoms with van der Waals surface area (Å²) in [7, 11) is 0. The van der Waals surface area contributed by atoms with Crippen LogP contribution in [-0.2, 0) is 4.74 Å². The van der Waals surface area contributed by atoms with Crippen LogP contribution in [0, 0.1) is 5.41 Å². The number of nitrogens with zero attached hydrogens (tertiary/aromatic N) is 1. The lowest BCUT2D eigenvalue weighted by atomic mass is 10.1. The van der Waals surface area contributed by atoms with Gasteiger partial charge in [0.1, 0.15) is 5.84 Å². The molecule has 0 bridgehead atoms. The monoisotopic (exact) mass is 313 g/mol. The molecule has 0 radical (unpaired) electrons. The smallest absolute Gasteiger partial charge is 0.123 e. The fraction of sp³-hybridized carbons (Fsp3) is 0.417. The molecule has 1 aromatic carbocycles. The highest BCUT2D eigenvalue weighted by atomic mass is 79.9. The second-order valence-electron chi connectivity index (χ2n) is 4.18. The van der Waals surface area contributed by atoms with E-state index >= 15 is 0 Å². The fourth-order valence-electron chi connectivity index (χ4n) is 2.05. The van der Waals surface area contributed by atoms with E-state index < -0.39 is 0 Å². The van der Waals surface area contributed by atoms with Crippen molar-refractivity contribution in [2.75, 3.05) is 31.3 Å². The third kappa shape index (κ3) is 2.66. The van der Waals surface area contributed by atoms with E-state index in [0.717, 1.165) is 16.7 Å². The average Bonchev–Trinajstić information content (AvgIpc) is 2.38. The minimum atomic E-state index is -0.0196. The third-order valence-corrected chi connectivity index (χ3v) is 3.67. The van der Waals surface area contributed by atoms with Crippen LogP contribution in [0.2, 0.25) is 0 Å². The molecule has 1 heterocycles. The van der Waals surface area contributed by atoms with Crippen LogP contribution in [0.3, 0.4) is 0 Å². The molecule has 1 aliphatic heterocycles. The molecule has 0 saturated carbocycles. The van der Waals surface area contributed by atoms with E-state index in [2.05, 4.69) is 20.8 Å². The lowest BCUT2D eigenvalue weighted by Gasteiger charge is -2.36. The number of nitrogens with one attached hydrogen (secondary N) is 1. The molecule has 0 amide bonds. The quantitative estimate of drug-likeness (QED) is 0.572. The van der Waals surface area contributed by atoms with E-state index in [1.165, 1.54) is 0 Å². The molecule has 98 valence electrons. The number of aliphatic hydroxyl groups is 1. The summed E-state index contributed by atoms with van der Waals surface area (Å²) in [5.41, 5.74) is 7.14. The molecule has 5 nitrogen and oxygen atoms in total. The van der Waals surface area contributed by atoms with Crippen molar-refractivity contribution >= 4 is 27.5 Å². The number of aliphatic hydroxyl groups excluding tert-OH is 1. The van der Waals surface area contributed by atoms with Crippen molar-refractivity contribution in [2.45, 2.75) is 6.04 Å². The standard InChI is InChI=1S/C12H16BrN3O2/c13-11-5-8(1-2-10(11)12(14)15)16-3-4-18-7-9(16)6-17/h1-2,5,9,17H,3-4,6-7H2,(H3,14,15). The molecule has 4 N–H and O–H groups in total. The molecule has 1 unspecified atom stereocenters. The first-order valence-electron chi connectivity index (χ1n) is 5.72. The maximum atomic E-state index is 9.35. The number of halogens is 1. The van der Waals surface area contributed by atoms with Gasteiger partial charge in [0.15, 0.2) is 0 Å². The van der Waals surface area contributed by atoms with Crippen LogP contribution in [0.5, 0.6) is 0 Å². The van der Waals surface area contributed by atoms with Gasteiger partial charge in [-0.15, -0.1) is 0 Å². The van der Waals surface area contributed by atoms with E-state index in [1.807, 2.05) is 18.2 Å². The molecule has 0 aromatic heterocycles. The van der Waals surface area contributed by atoms with Crippen molar-refractivity contribution in [2.24, 2.45) is 5.73 Å². The largest absolute Gasteiger partial charge is 0.394 e. The maximum Gasteiger partial charge on any atom is 0.123 e.